The third kappa shape index (κ3) is 7.30. The minimum absolute atomic E-state index is 0.442. The van der Waals surface area contributed by atoms with E-state index in [4.69, 9.17) is 63.9 Å². The first-order chi connectivity index (χ1) is 12.3. The summed E-state index contributed by atoms with van der Waals surface area (Å²) in [4.78, 5) is 33.8. The van der Waals surface area contributed by atoms with Gasteiger partial charge in [-0.1, -0.05) is 34.8 Å². The number of rotatable bonds is 5. The van der Waals surface area contributed by atoms with Gasteiger partial charge in [0.05, 0.1) is 0 Å². The number of esters is 3. The van der Waals surface area contributed by atoms with Gasteiger partial charge in [-0.15, -0.1) is 0 Å². The number of hydrogen-bond donors (Lipinski definition) is 2. The highest BCUT2D eigenvalue weighted by molar-refractivity contribution is 6.76. The third-order valence-electron chi connectivity index (χ3n) is 3.16. The molecule has 10 nitrogen and oxygen atoms in total. The summed E-state index contributed by atoms with van der Waals surface area (Å²) in [6.45, 7) is 2.81. The molecule has 0 spiro atoms. The smallest absolute Gasteiger partial charge is 0.303 e. The number of carbonyl (C=O) groups excluding carboxylic acids is 3. The Kier molecular flexibility index (Phi) is 8.55. The van der Waals surface area contributed by atoms with Gasteiger partial charge in [-0.3, -0.25) is 19.8 Å². The molecule has 0 aliphatic carbocycles. The van der Waals surface area contributed by atoms with Crippen LogP contribution in [0.2, 0.25) is 0 Å². The van der Waals surface area contributed by atoms with Gasteiger partial charge in [-0.05, 0) is 0 Å². The summed E-state index contributed by atoms with van der Waals surface area (Å²) in [5.74, 6) is -3.16. The van der Waals surface area contributed by atoms with E-state index in [-0.39, 0.29) is 0 Å². The molecule has 0 radical (unpaired) electrons. The van der Waals surface area contributed by atoms with Crippen LogP contribution in [0.1, 0.15) is 20.8 Å². The van der Waals surface area contributed by atoms with E-state index in [1.807, 2.05) is 0 Å². The Labute approximate surface area is 169 Å². The maximum Gasteiger partial charge on any atom is 0.303 e. The molecule has 0 aromatic rings. The van der Waals surface area contributed by atoms with Crippen molar-refractivity contribution in [2.45, 2.75) is 55.3 Å². The second kappa shape index (κ2) is 9.74. The molecule has 1 fully saturated rings. The fourth-order valence-corrected chi connectivity index (χ4v) is 2.28. The maximum absolute atomic E-state index is 11.4. The normalized spacial score (nSPS) is 28.0. The van der Waals surface area contributed by atoms with Gasteiger partial charge in [-0.2, -0.15) is 0 Å². The van der Waals surface area contributed by atoms with Gasteiger partial charge in [0.2, 0.25) is 18.3 Å². The second-order valence-electron chi connectivity index (χ2n) is 5.43. The Bertz CT molecular complexity index is 595. The molecule has 27 heavy (non-hydrogen) atoms. The minimum Gasteiger partial charge on any atom is -0.463 e. The average molecular weight is 451 g/mol. The summed E-state index contributed by atoms with van der Waals surface area (Å²) in [7, 11) is 0. The van der Waals surface area contributed by atoms with Crippen LogP contribution in [-0.4, -0.2) is 70.0 Å². The van der Waals surface area contributed by atoms with Gasteiger partial charge in [-0.25, -0.2) is 0 Å². The lowest BCUT2D eigenvalue weighted by atomic mass is 9.98. The second-order valence-corrected chi connectivity index (χ2v) is 7.71. The monoisotopic (exact) mass is 449 g/mol. The first kappa shape index (κ1) is 23.7. The van der Waals surface area contributed by atoms with Gasteiger partial charge >= 0.3 is 17.9 Å². The highest BCUT2D eigenvalue weighted by Gasteiger charge is 2.52. The summed E-state index contributed by atoms with van der Waals surface area (Å²) < 4.78 is 23.1. The lowest BCUT2D eigenvalue weighted by Crippen LogP contribution is -2.62. The van der Waals surface area contributed by atoms with Crippen LogP contribution in [0.3, 0.4) is 0 Å². The molecule has 1 saturated heterocycles. The van der Waals surface area contributed by atoms with Crippen LogP contribution in [-0.2, 0) is 38.1 Å². The van der Waals surface area contributed by atoms with E-state index in [0.717, 1.165) is 20.8 Å². The van der Waals surface area contributed by atoms with Crippen molar-refractivity contribution in [2.24, 2.45) is 0 Å². The zero-order valence-corrected chi connectivity index (χ0v) is 16.7. The molecule has 13 heteroatoms. The van der Waals surface area contributed by atoms with Gasteiger partial charge < -0.3 is 28.8 Å². The minimum atomic E-state index is -2.26. The summed E-state index contributed by atoms with van der Waals surface area (Å²) in [6.07, 6.45) is -7.38. The molecular weight excluding hydrogens is 433 g/mol. The molecule has 1 heterocycles. The third-order valence-corrected chi connectivity index (χ3v) is 3.68. The molecule has 154 valence electrons. The number of aliphatic hydroxyl groups excluding tert-OH is 1. The van der Waals surface area contributed by atoms with Crippen molar-refractivity contribution < 1.29 is 43.2 Å². The Balaban J connectivity index is 3.17. The van der Waals surface area contributed by atoms with Crippen LogP contribution < -0.4 is 0 Å². The molecule has 0 aromatic carbocycles. The fourth-order valence-electron chi connectivity index (χ4n) is 2.15. The predicted octanol–water partition coefficient (Wildman–Crippen LogP) is 0.863. The van der Waals surface area contributed by atoms with Crippen LogP contribution in [0.25, 0.3) is 0 Å². The standard InChI is InChI=1S/C14H18Cl3NO9/c1-5(19)23-4-8-9(22)10(24-6(2)20)11(25-7(3)21)12(26-8)27-13(18)14(15,16)17/h8-12,18,22H,4H2,1-3H3/t8?,9-,10?,11?,12-/m1/s1. The lowest BCUT2D eigenvalue weighted by Gasteiger charge is -2.42. The van der Waals surface area contributed by atoms with E-state index in [2.05, 4.69) is 0 Å². The van der Waals surface area contributed by atoms with Crippen molar-refractivity contribution in [2.75, 3.05) is 6.61 Å². The fraction of sp³-hybridized carbons (Fsp3) is 0.714. The van der Waals surface area contributed by atoms with Crippen LogP contribution in [0.4, 0.5) is 0 Å². The number of hydrogen-bond acceptors (Lipinski definition) is 10. The zero-order valence-electron chi connectivity index (χ0n) is 14.4. The van der Waals surface area contributed by atoms with Crippen molar-refractivity contribution in [3.05, 3.63) is 0 Å². The molecular formula is C14H18Cl3NO9. The van der Waals surface area contributed by atoms with Crippen molar-refractivity contribution in [3.63, 3.8) is 0 Å². The van der Waals surface area contributed by atoms with Gasteiger partial charge in [0, 0.05) is 20.8 Å². The summed E-state index contributed by atoms with van der Waals surface area (Å²) in [5, 5.41) is 18.1. The number of halogens is 3. The van der Waals surface area contributed by atoms with E-state index in [9.17, 15) is 19.5 Å². The van der Waals surface area contributed by atoms with Crippen molar-refractivity contribution in [3.8, 4) is 0 Å². The van der Waals surface area contributed by atoms with E-state index >= 15 is 0 Å². The molecule has 1 rings (SSSR count). The number of ether oxygens (including phenoxy) is 5. The van der Waals surface area contributed by atoms with Crippen molar-refractivity contribution >= 4 is 58.6 Å². The van der Waals surface area contributed by atoms with Crippen LogP contribution >= 0.6 is 34.8 Å². The SMILES string of the molecule is CC(=O)OCC1O[C@H](OC(=N)C(Cl)(Cl)Cl)C(OC(C)=O)C(OC(C)=O)[C@@H]1O. The Morgan fingerprint density at radius 3 is 1.96 bits per heavy atom. The Hall–Kier alpha value is -1.33. The number of alkyl halides is 3. The molecule has 5 atom stereocenters. The quantitative estimate of drug-likeness (QED) is 0.205. The van der Waals surface area contributed by atoms with E-state index in [1.165, 1.54) is 0 Å². The Morgan fingerprint density at radius 1 is 1.00 bits per heavy atom. The molecule has 1 aliphatic rings. The largest absolute Gasteiger partial charge is 0.463 e. The van der Waals surface area contributed by atoms with Crippen LogP contribution in [0.15, 0.2) is 0 Å². The van der Waals surface area contributed by atoms with Crippen LogP contribution in [0.5, 0.6) is 0 Å². The molecule has 2 N–H and O–H groups in total. The molecule has 3 unspecified atom stereocenters. The summed E-state index contributed by atoms with van der Waals surface area (Å²) in [6, 6.07) is 0. The predicted molar refractivity (Wildman–Crippen MR) is 91.5 cm³/mol. The zero-order chi connectivity index (χ0) is 20.9. The summed E-state index contributed by atoms with van der Waals surface area (Å²) >= 11 is 16.7. The lowest BCUT2D eigenvalue weighted by molar-refractivity contribution is -0.289. The first-order valence-corrected chi connectivity index (χ1v) is 8.60. The van der Waals surface area contributed by atoms with Gasteiger partial charge in [0.1, 0.15) is 18.8 Å². The van der Waals surface area contributed by atoms with Gasteiger partial charge in [0.15, 0.2) is 6.10 Å². The van der Waals surface area contributed by atoms with Crippen LogP contribution in [0, 0.1) is 5.41 Å². The van der Waals surface area contributed by atoms with E-state index in [0.29, 0.717) is 0 Å². The molecule has 0 aromatic heterocycles. The summed E-state index contributed by atoms with van der Waals surface area (Å²) in [5.41, 5.74) is 0. The molecule has 1 aliphatic heterocycles. The van der Waals surface area contributed by atoms with E-state index < -0.39 is 64.9 Å². The highest BCUT2D eigenvalue weighted by Crippen LogP contribution is 2.32. The van der Waals surface area contributed by atoms with Crippen molar-refractivity contribution in [1.29, 1.82) is 5.41 Å². The maximum atomic E-state index is 11.4. The molecule has 0 bridgehead atoms. The highest BCUT2D eigenvalue weighted by atomic mass is 35.6. The topological polar surface area (TPSA) is 141 Å². The van der Waals surface area contributed by atoms with E-state index in [1.54, 1.807) is 0 Å². The average Bonchev–Trinajstić information content (AvgIpc) is 2.50. The first-order valence-electron chi connectivity index (χ1n) is 7.46. The van der Waals surface area contributed by atoms with Crippen molar-refractivity contribution in [1.82, 2.24) is 0 Å². The Morgan fingerprint density at radius 2 is 1.52 bits per heavy atom. The molecule has 0 saturated carbocycles. The molecule has 0 amide bonds. The number of aliphatic hydroxyl groups is 1. The number of nitrogens with one attached hydrogen (secondary N) is 1. The number of carbonyl (C=O) groups is 3. The van der Waals surface area contributed by atoms with Gasteiger partial charge in [0.25, 0.3) is 3.79 Å².